The lowest BCUT2D eigenvalue weighted by Gasteiger charge is -2.21. The molecule has 0 heterocycles. The van der Waals surface area contributed by atoms with Gasteiger partial charge in [0.15, 0.2) is 11.6 Å². The highest BCUT2D eigenvalue weighted by molar-refractivity contribution is 6.45. The van der Waals surface area contributed by atoms with E-state index in [-0.39, 0.29) is 23.1 Å². The molecule has 6 heteroatoms. The number of ketones is 2. The number of allylic oxidation sites excluding steroid dienone is 10. The predicted octanol–water partition coefficient (Wildman–Crippen LogP) is 6.94. The first kappa shape index (κ1) is 27.7. The van der Waals surface area contributed by atoms with Gasteiger partial charge in [0.25, 0.3) is 0 Å². The average molecular weight is 571 g/mol. The third-order valence-electron chi connectivity index (χ3n) is 7.52. The Morgan fingerprint density at radius 1 is 0.409 bits per heavy atom. The minimum atomic E-state index is -0.226. The van der Waals surface area contributed by atoms with E-state index < -0.39 is 0 Å². The molecular weight excluding hydrogens is 548 g/mol. The highest BCUT2D eigenvalue weighted by Crippen LogP contribution is 2.38. The van der Waals surface area contributed by atoms with Crippen LogP contribution < -0.4 is 0 Å². The van der Waals surface area contributed by atoms with E-state index in [9.17, 15) is 30.3 Å². The van der Waals surface area contributed by atoms with Crippen LogP contribution in [0, 0.1) is 22.7 Å². The van der Waals surface area contributed by atoms with Crippen molar-refractivity contribution < 1.29 is 19.8 Å². The molecule has 0 bridgehead atoms. The number of nitrogens with zero attached hydrogens (tertiary/aromatic N) is 2. The minimum Gasteiger partial charge on any atom is -0.508 e. The summed E-state index contributed by atoms with van der Waals surface area (Å²) in [6.07, 6.45) is 7.09. The van der Waals surface area contributed by atoms with Gasteiger partial charge in [0.05, 0.1) is 23.3 Å². The van der Waals surface area contributed by atoms with Crippen LogP contribution in [-0.2, 0) is 9.59 Å². The minimum absolute atomic E-state index is 0.0706. The normalized spacial score (nSPS) is 16.2. The second-order valence-corrected chi connectivity index (χ2v) is 10.3. The molecule has 6 rings (SSSR count). The van der Waals surface area contributed by atoms with Crippen LogP contribution in [0.15, 0.2) is 133 Å². The third-order valence-corrected chi connectivity index (χ3v) is 7.52. The van der Waals surface area contributed by atoms with E-state index in [1.54, 1.807) is 97.1 Å². The van der Waals surface area contributed by atoms with Gasteiger partial charge in [-0.1, -0.05) is 48.5 Å². The van der Waals surface area contributed by atoms with Gasteiger partial charge in [-0.05, 0) is 106 Å². The van der Waals surface area contributed by atoms with E-state index in [1.807, 2.05) is 0 Å². The van der Waals surface area contributed by atoms with Crippen LogP contribution in [0.3, 0.4) is 0 Å². The maximum atomic E-state index is 13.9. The van der Waals surface area contributed by atoms with Crippen molar-refractivity contribution in [1.82, 2.24) is 0 Å². The van der Waals surface area contributed by atoms with Crippen molar-refractivity contribution in [2.75, 3.05) is 0 Å². The Balaban J connectivity index is 1.61. The molecule has 2 N–H and O–H groups in total. The molecule has 0 saturated heterocycles. The van der Waals surface area contributed by atoms with Crippen molar-refractivity contribution >= 4 is 33.9 Å². The number of carbonyl (C=O) groups excluding carboxylic acids is 2. The number of phenolic OH excluding ortho intramolecular Hbond substituents is 2. The summed E-state index contributed by atoms with van der Waals surface area (Å²) in [5, 5.41) is 38.3. The van der Waals surface area contributed by atoms with Crippen LogP contribution in [0.4, 0.5) is 0 Å². The standard InChI is InChI=1S/C38H22N2O4/c39-21-23-1-5-25(6-2-23)33-17-29(19-35(37(33)43)27-9-13-31(41)14-10-27)30-18-34(26-7-3-24(22-40)4-8-26)38(44)36(20-30)28-11-15-32(42)16-12-28/h1-20,41-42H/b30-29+. The van der Waals surface area contributed by atoms with Gasteiger partial charge in [-0.3, -0.25) is 9.59 Å². The summed E-state index contributed by atoms with van der Waals surface area (Å²) in [5.41, 5.74) is 6.36. The number of nitriles is 2. The molecular formula is C38H22N2O4. The molecule has 0 saturated carbocycles. The van der Waals surface area contributed by atoms with Gasteiger partial charge in [-0.2, -0.15) is 10.5 Å². The maximum Gasteiger partial charge on any atom is 0.194 e. The zero-order chi connectivity index (χ0) is 30.8. The molecule has 0 aliphatic heterocycles. The first-order valence-electron chi connectivity index (χ1n) is 13.6. The fourth-order valence-electron chi connectivity index (χ4n) is 5.18. The summed E-state index contributed by atoms with van der Waals surface area (Å²) in [5.74, 6) is -0.311. The van der Waals surface area contributed by atoms with E-state index in [0.29, 0.717) is 66.8 Å². The van der Waals surface area contributed by atoms with Crippen LogP contribution in [0.25, 0.3) is 22.3 Å². The molecule has 2 aliphatic carbocycles. The van der Waals surface area contributed by atoms with Crippen molar-refractivity contribution in [3.63, 3.8) is 0 Å². The SMILES string of the molecule is N#Cc1ccc(C2=C/C(=C3\C=C(c4ccc(O)cc4)C(=O)C(c4ccc(C#N)cc4)=C3)C=C(c3ccc(O)cc3)C2=O)cc1. The topological polar surface area (TPSA) is 122 Å². The van der Waals surface area contributed by atoms with Gasteiger partial charge in [-0.25, -0.2) is 0 Å². The van der Waals surface area contributed by atoms with Gasteiger partial charge < -0.3 is 10.2 Å². The summed E-state index contributed by atoms with van der Waals surface area (Å²) in [4.78, 5) is 27.8. The smallest absolute Gasteiger partial charge is 0.194 e. The lowest BCUT2D eigenvalue weighted by atomic mass is 9.81. The number of phenols is 2. The monoisotopic (exact) mass is 570 g/mol. The molecule has 0 unspecified atom stereocenters. The van der Waals surface area contributed by atoms with Crippen molar-refractivity contribution in [3.05, 3.63) is 166 Å². The molecule has 0 aromatic heterocycles. The van der Waals surface area contributed by atoms with Gasteiger partial charge in [0.2, 0.25) is 0 Å². The van der Waals surface area contributed by atoms with Gasteiger partial charge in [-0.15, -0.1) is 0 Å². The van der Waals surface area contributed by atoms with E-state index in [0.717, 1.165) is 0 Å². The zero-order valence-corrected chi connectivity index (χ0v) is 23.2. The molecule has 4 aromatic carbocycles. The second-order valence-electron chi connectivity index (χ2n) is 10.3. The molecule has 0 amide bonds. The molecule has 208 valence electrons. The third kappa shape index (κ3) is 5.27. The number of Topliss-reactive ketones (excluding diaryl/α,β-unsaturated/α-hetero) is 2. The van der Waals surface area contributed by atoms with Crippen molar-refractivity contribution in [2.24, 2.45) is 0 Å². The fourth-order valence-corrected chi connectivity index (χ4v) is 5.18. The largest absolute Gasteiger partial charge is 0.508 e. The van der Waals surface area contributed by atoms with Crippen molar-refractivity contribution in [3.8, 4) is 23.6 Å². The van der Waals surface area contributed by atoms with E-state index in [1.165, 1.54) is 24.3 Å². The Hall–Kier alpha value is -6.50. The number of benzene rings is 4. The molecule has 4 aromatic rings. The van der Waals surface area contributed by atoms with E-state index >= 15 is 0 Å². The van der Waals surface area contributed by atoms with Crippen molar-refractivity contribution in [1.29, 1.82) is 10.5 Å². The number of hydrogen-bond acceptors (Lipinski definition) is 6. The van der Waals surface area contributed by atoms with Crippen molar-refractivity contribution in [2.45, 2.75) is 0 Å². The average Bonchev–Trinajstić information content (AvgIpc) is 3.06. The van der Waals surface area contributed by atoms with Crippen LogP contribution in [0.2, 0.25) is 0 Å². The number of aromatic hydroxyl groups is 2. The fraction of sp³-hybridized carbons (Fsp3) is 0. The van der Waals surface area contributed by atoms with Gasteiger partial charge in [0.1, 0.15) is 11.5 Å². The Kier molecular flexibility index (Phi) is 7.17. The lowest BCUT2D eigenvalue weighted by molar-refractivity contribution is -0.109. The summed E-state index contributed by atoms with van der Waals surface area (Å²) in [6, 6.07) is 30.4. The molecule has 44 heavy (non-hydrogen) atoms. The van der Waals surface area contributed by atoms with Crippen LogP contribution >= 0.6 is 0 Å². The molecule has 0 radical (unpaired) electrons. The predicted molar refractivity (Wildman–Crippen MR) is 167 cm³/mol. The summed E-state index contributed by atoms with van der Waals surface area (Å²) < 4.78 is 0. The summed E-state index contributed by atoms with van der Waals surface area (Å²) in [6.45, 7) is 0. The van der Waals surface area contributed by atoms with Crippen LogP contribution in [0.1, 0.15) is 33.4 Å². The van der Waals surface area contributed by atoms with Gasteiger partial charge in [0, 0.05) is 22.3 Å². The summed E-state index contributed by atoms with van der Waals surface area (Å²) >= 11 is 0. The number of carbonyl (C=O) groups is 2. The molecule has 6 nitrogen and oxygen atoms in total. The Morgan fingerprint density at radius 2 is 0.659 bits per heavy atom. The first-order valence-corrected chi connectivity index (χ1v) is 13.6. The molecule has 0 spiro atoms. The first-order chi connectivity index (χ1) is 21.3. The second kappa shape index (κ2) is 11.4. The summed E-state index contributed by atoms with van der Waals surface area (Å²) in [7, 11) is 0. The van der Waals surface area contributed by atoms with E-state index in [2.05, 4.69) is 12.1 Å². The quantitative estimate of drug-likeness (QED) is 0.274. The van der Waals surface area contributed by atoms with Crippen LogP contribution in [0.5, 0.6) is 11.5 Å². The number of rotatable bonds is 4. The highest BCUT2D eigenvalue weighted by atomic mass is 16.3. The highest BCUT2D eigenvalue weighted by Gasteiger charge is 2.27. The molecule has 2 aliphatic rings. The Labute approximate surface area is 253 Å². The molecule has 0 atom stereocenters. The maximum absolute atomic E-state index is 13.9. The van der Waals surface area contributed by atoms with E-state index in [4.69, 9.17) is 0 Å². The zero-order valence-electron chi connectivity index (χ0n) is 23.2. The number of hydrogen-bond donors (Lipinski definition) is 2. The lowest BCUT2D eigenvalue weighted by Crippen LogP contribution is -2.13. The van der Waals surface area contributed by atoms with Gasteiger partial charge >= 0.3 is 0 Å². The molecule has 0 fully saturated rings. The van der Waals surface area contributed by atoms with Crippen LogP contribution in [-0.4, -0.2) is 21.8 Å². The Morgan fingerprint density at radius 3 is 0.909 bits per heavy atom. The Bertz CT molecular complexity index is 1920.